The summed E-state index contributed by atoms with van der Waals surface area (Å²) in [5, 5.41) is 3.99. The molecule has 0 aliphatic heterocycles. The smallest absolute Gasteiger partial charge is 0.263 e. The third kappa shape index (κ3) is 4.38. The molecule has 0 bridgehead atoms. The van der Waals surface area contributed by atoms with Crippen molar-refractivity contribution < 1.29 is 9.21 Å². The number of thioether (sulfide) groups is 1. The molecule has 0 unspecified atom stereocenters. The van der Waals surface area contributed by atoms with Gasteiger partial charge < -0.3 is 9.73 Å². The van der Waals surface area contributed by atoms with Crippen LogP contribution in [0, 0.1) is 13.8 Å². The largest absolute Gasteiger partial charge is 0.467 e. The number of nitrogens with zero attached hydrogens (tertiary/aromatic N) is 2. The third-order valence-corrected chi connectivity index (χ3v) is 7.21. The van der Waals surface area contributed by atoms with E-state index in [4.69, 9.17) is 9.40 Å². The molecule has 3 heterocycles. The van der Waals surface area contributed by atoms with E-state index in [1.165, 1.54) is 23.1 Å². The van der Waals surface area contributed by atoms with Crippen molar-refractivity contribution in [1.82, 2.24) is 9.55 Å². The Morgan fingerprint density at radius 1 is 1.27 bits per heavy atom. The number of thiophene rings is 1. The summed E-state index contributed by atoms with van der Waals surface area (Å²) in [6, 6.07) is 11.0. The van der Waals surface area contributed by atoms with Crippen LogP contribution >= 0.6 is 39.0 Å². The summed E-state index contributed by atoms with van der Waals surface area (Å²) in [4.78, 5) is 32.1. The number of benzene rings is 1. The van der Waals surface area contributed by atoms with Crippen molar-refractivity contribution >= 4 is 60.8 Å². The molecule has 0 radical (unpaired) electrons. The van der Waals surface area contributed by atoms with Crippen LogP contribution in [0.15, 0.2) is 61.5 Å². The van der Waals surface area contributed by atoms with Gasteiger partial charge in [-0.05, 0) is 55.8 Å². The summed E-state index contributed by atoms with van der Waals surface area (Å²) in [5.41, 5.74) is 1.55. The quantitative estimate of drug-likeness (QED) is 0.288. The summed E-state index contributed by atoms with van der Waals surface area (Å²) in [5.74, 6) is 0.624. The maximum absolute atomic E-state index is 13.2. The van der Waals surface area contributed by atoms with Crippen LogP contribution in [-0.2, 0) is 11.3 Å². The van der Waals surface area contributed by atoms with Crippen LogP contribution in [0.3, 0.4) is 0 Å². The van der Waals surface area contributed by atoms with Crippen LogP contribution in [0.5, 0.6) is 0 Å². The van der Waals surface area contributed by atoms with Gasteiger partial charge in [0.2, 0.25) is 5.91 Å². The van der Waals surface area contributed by atoms with Crippen molar-refractivity contribution in [2.24, 2.45) is 0 Å². The molecule has 0 atom stereocenters. The lowest BCUT2D eigenvalue weighted by atomic mass is 10.2. The van der Waals surface area contributed by atoms with Crippen LogP contribution in [0.25, 0.3) is 10.2 Å². The molecule has 0 aliphatic rings. The summed E-state index contributed by atoms with van der Waals surface area (Å²) in [6.07, 6.45) is 1.57. The number of hydrogen-bond donors (Lipinski definition) is 1. The number of fused-ring (bicyclic) bond motifs is 1. The zero-order chi connectivity index (χ0) is 21.3. The highest BCUT2D eigenvalue weighted by Gasteiger charge is 2.18. The number of aromatic nitrogens is 2. The van der Waals surface area contributed by atoms with Gasteiger partial charge >= 0.3 is 0 Å². The molecule has 4 rings (SSSR count). The molecular formula is C21H18BrN3O3S2. The van der Waals surface area contributed by atoms with Gasteiger partial charge in [-0.1, -0.05) is 27.7 Å². The zero-order valence-electron chi connectivity index (χ0n) is 16.3. The molecule has 0 fully saturated rings. The van der Waals surface area contributed by atoms with Crippen molar-refractivity contribution in [2.75, 3.05) is 11.1 Å². The predicted molar refractivity (Wildman–Crippen MR) is 125 cm³/mol. The van der Waals surface area contributed by atoms with Crippen molar-refractivity contribution in [3.63, 3.8) is 0 Å². The standard InChI is InChI=1S/C21H18BrN3O3S2/c1-12-13(2)30-19-18(12)20(27)25(10-16-4-3-9-28-16)21(24-19)29-11-17(26)23-15-7-5-14(22)6-8-15/h3-9H,10-11H2,1-2H3,(H,23,26). The van der Waals surface area contributed by atoms with Crippen LogP contribution in [0.4, 0.5) is 5.69 Å². The van der Waals surface area contributed by atoms with Gasteiger partial charge in [-0.15, -0.1) is 11.3 Å². The number of rotatable bonds is 6. The number of carbonyl (C=O) groups excluding carboxylic acids is 1. The molecule has 9 heteroatoms. The number of anilines is 1. The topological polar surface area (TPSA) is 77.1 Å². The molecule has 6 nitrogen and oxygen atoms in total. The van der Waals surface area contributed by atoms with Crippen molar-refractivity contribution in [1.29, 1.82) is 0 Å². The maximum atomic E-state index is 13.2. The SMILES string of the molecule is Cc1sc2nc(SCC(=O)Nc3ccc(Br)cc3)n(Cc3ccco3)c(=O)c2c1C. The molecule has 3 aromatic heterocycles. The first kappa shape index (κ1) is 20.9. The van der Waals surface area contributed by atoms with Gasteiger partial charge in [0.15, 0.2) is 5.16 Å². The molecule has 0 saturated carbocycles. The molecule has 0 spiro atoms. The molecule has 30 heavy (non-hydrogen) atoms. The van der Waals surface area contributed by atoms with Gasteiger partial charge in [0.25, 0.3) is 5.56 Å². The monoisotopic (exact) mass is 503 g/mol. The van der Waals surface area contributed by atoms with E-state index in [9.17, 15) is 9.59 Å². The Balaban J connectivity index is 1.62. The number of aryl methyl sites for hydroxylation is 2. The Morgan fingerprint density at radius 2 is 2.03 bits per heavy atom. The summed E-state index contributed by atoms with van der Waals surface area (Å²) >= 11 is 6.11. The van der Waals surface area contributed by atoms with Crippen LogP contribution in [-0.4, -0.2) is 21.2 Å². The number of hydrogen-bond acceptors (Lipinski definition) is 6. The second kappa shape index (κ2) is 8.79. The zero-order valence-corrected chi connectivity index (χ0v) is 19.5. The summed E-state index contributed by atoms with van der Waals surface area (Å²) < 4.78 is 7.95. The van der Waals surface area contributed by atoms with Gasteiger partial charge in [0, 0.05) is 15.0 Å². The number of halogens is 1. The number of furan rings is 1. The first-order valence-corrected chi connectivity index (χ1v) is 11.7. The molecule has 0 saturated heterocycles. The summed E-state index contributed by atoms with van der Waals surface area (Å²) in [7, 11) is 0. The van der Waals surface area contributed by atoms with E-state index < -0.39 is 0 Å². The average molecular weight is 504 g/mol. The number of nitrogens with one attached hydrogen (secondary N) is 1. The molecule has 154 valence electrons. The molecular weight excluding hydrogens is 486 g/mol. The highest BCUT2D eigenvalue weighted by molar-refractivity contribution is 9.10. The van der Waals surface area contributed by atoms with Crippen molar-refractivity contribution in [3.8, 4) is 0 Å². The minimum Gasteiger partial charge on any atom is -0.467 e. The minimum absolute atomic E-state index is 0.117. The maximum Gasteiger partial charge on any atom is 0.263 e. The molecule has 1 amide bonds. The van der Waals surface area contributed by atoms with E-state index in [1.54, 1.807) is 16.9 Å². The molecule has 0 aliphatic carbocycles. The van der Waals surface area contributed by atoms with Gasteiger partial charge in [0.1, 0.15) is 10.6 Å². The first-order chi connectivity index (χ1) is 14.4. The average Bonchev–Trinajstić information content (AvgIpc) is 3.33. The van der Waals surface area contributed by atoms with E-state index >= 15 is 0 Å². The third-order valence-electron chi connectivity index (χ3n) is 4.61. The fourth-order valence-electron chi connectivity index (χ4n) is 2.98. The van der Waals surface area contributed by atoms with Crippen molar-refractivity contribution in [2.45, 2.75) is 25.5 Å². The van der Waals surface area contributed by atoms with Gasteiger partial charge in [-0.2, -0.15) is 0 Å². The molecule has 4 aromatic rings. The lowest BCUT2D eigenvalue weighted by Gasteiger charge is -2.11. The molecule has 1 N–H and O–H groups in total. The van der Waals surface area contributed by atoms with Gasteiger partial charge in [-0.25, -0.2) is 4.98 Å². The lowest BCUT2D eigenvalue weighted by Crippen LogP contribution is -2.24. The van der Waals surface area contributed by atoms with E-state index in [1.807, 2.05) is 44.2 Å². The highest BCUT2D eigenvalue weighted by Crippen LogP contribution is 2.28. The van der Waals surface area contributed by atoms with E-state index in [2.05, 4.69) is 21.2 Å². The first-order valence-electron chi connectivity index (χ1n) is 9.13. The molecule has 1 aromatic carbocycles. The number of amides is 1. The van der Waals surface area contributed by atoms with Crippen LogP contribution in [0.1, 0.15) is 16.2 Å². The second-order valence-corrected chi connectivity index (χ2v) is 9.73. The van der Waals surface area contributed by atoms with Crippen LogP contribution in [0.2, 0.25) is 0 Å². The Morgan fingerprint density at radius 3 is 2.73 bits per heavy atom. The van der Waals surface area contributed by atoms with Crippen LogP contribution < -0.4 is 10.9 Å². The lowest BCUT2D eigenvalue weighted by molar-refractivity contribution is -0.113. The fourth-order valence-corrected chi connectivity index (χ4v) is 5.11. The minimum atomic E-state index is -0.167. The Bertz CT molecular complexity index is 1260. The summed E-state index contributed by atoms with van der Waals surface area (Å²) in [6.45, 7) is 4.18. The Hall–Kier alpha value is -2.36. The van der Waals surface area contributed by atoms with Gasteiger partial charge in [-0.3, -0.25) is 14.2 Å². The highest BCUT2D eigenvalue weighted by atomic mass is 79.9. The van der Waals surface area contributed by atoms with Gasteiger partial charge in [0.05, 0.1) is 23.9 Å². The Kier molecular flexibility index (Phi) is 6.12. The second-order valence-electron chi connectivity index (χ2n) is 6.67. The van der Waals surface area contributed by atoms with E-state index in [0.29, 0.717) is 26.8 Å². The number of carbonyl (C=O) groups is 1. The van der Waals surface area contributed by atoms with E-state index in [0.717, 1.165) is 14.9 Å². The fraction of sp³-hybridized carbons (Fsp3) is 0.190. The van der Waals surface area contributed by atoms with E-state index in [-0.39, 0.29) is 23.8 Å². The van der Waals surface area contributed by atoms with Crippen molar-refractivity contribution in [3.05, 3.63) is 73.7 Å². The normalized spacial score (nSPS) is 11.2. The predicted octanol–water partition coefficient (Wildman–Crippen LogP) is 5.21. The Labute approximate surface area is 189 Å².